The summed E-state index contributed by atoms with van der Waals surface area (Å²) in [6, 6.07) is 5.53. The van der Waals surface area contributed by atoms with Crippen LogP contribution >= 0.6 is 11.3 Å². The minimum Gasteiger partial charge on any atom is -0.493 e. The van der Waals surface area contributed by atoms with E-state index in [1.54, 1.807) is 38.0 Å². The Bertz CT molecular complexity index is 1000. The van der Waals surface area contributed by atoms with Gasteiger partial charge in [-0.1, -0.05) is 13.8 Å². The highest BCUT2D eigenvalue weighted by Gasteiger charge is 2.17. The van der Waals surface area contributed by atoms with Crippen LogP contribution < -0.4 is 19.8 Å². The molecule has 0 spiro atoms. The number of methoxy groups -OCH3 is 3. The lowest BCUT2D eigenvalue weighted by Gasteiger charge is -2.25. The van der Waals surface area contributed by atoms with Gasteiger partial charge in [0.25, 0.3) is 5.56 Å². The minimum absolute atomic E-state index is 0.0523. The quantitative estimate of drug-likeness (QED) is 0.531. The molecule has 2 heterocycles. The molecule has 0 aliphatic rings. The number of rotatable bonds is 9. The van der Waals surface area contributed by atoms with Crippen LogP contribution in [0.5, 0.6) is 17.2 Å². The molecule has 0 aliphatic carbocycles. The second-order valence-corrected chi connectivity index (χ2v) is 8.11. The predicted octanol–water partition coefficient (Wildman–Crippen LogP) is 3.44. The van der Waals surface area contributed by atoms with E-state index in [9.17, 15) is 4.79 Å². The van der Waals surface area contributed by atoms with Gasteiger partial charge in [-0.05, 0) is 23.6 Å². The summed E-state index contributed by atoms with van der Waals surface area (Å²) < 4.78 is 17.9. The van der Waals surface area contributed by atoms with E-state index in [-0.39, 0.29) is 5.56 Å². The zero-order valence-corrected chi connectivity index (χ0v) is 18.3. The van der Waals surface area contributed by atoms with Crippen LogP contribution in [0.25, 0.3) is 4.96 Å². The zero-order chi connectivity index (χ0) is 21.0. The van der Waals surface area contributed by atoms with Crippen molar-refractivity contribution in [3.05, 3.63) is 51.4 Å². The molecule has 0 unspecified atom stereocenters. The lowest BCUT2D eigenvalue weighted by Crippen LogP contribution is -2.28. The molecule has 7 nitrogen and oxygen atoms in total. The molecular formula is C21H27N3O4S. The highest BCUT2D eigenvalue weighted by molar-refractivity contribution is 7.15. The summed E-state index contributed by atoms with van der Waals surface area (Å²) in [7, 11) is 4.82. The minimum atomic E-state index is -0.0523. The summed E-state index contributed by atoms with van der Waals surface area (Å²) in [4.78, 5) is 20.0. The molecule has 0 N–H and O–H groups in total. The van der Waals surface area contributed by atoms with Crippen molar-refractivity contribution in [3.8, 4) is 17.2 Å². The molecule has 8 heteroatoms. The first-order valence-corrected chi connectivity index (χ1v) is 10.3. The second-order valence-electron chi connectivity index (χ2n) is 7.24. The Labute approximate surface area is 174 Å². The Hall–Kier alpha value is -2.58. The largest absolute Gasteiger partial charge is 0.493 e. The molecule has 3 aromatic rings. The Morgan fingerprint density at radius 2 is 1.76 bits per heavy atom. The first-order chi connectivity index (χ1) is 13.9. The van der Waals surface area contributed by atoms with Crippen LogP contribution in [0.2, 0.25) is 0 Å². The van der Waals surface area contributed by atoms with Gasteiger partial charge in [0.05, 0.1) is 27.0 Å². The summed E-state index contributed by atoms with van der Waals surface area (Å²) in [5.74, 6) is 2.29. The van der Waals surface area contributed by atoms with Crippen molar-refractivity contribution < 1.29 is 14.2 Å². The number of hydrogen-bond acceptors (Lipinski definition) is 7. The van der Waals surface area contributed by atoms with Crippen molar-refractivity contribution in [1.29, 1.82) is 0 Å². The van der Waals surface area contributed by atoms with Crippen LogP contribution in [-0.4, -0.2) is 42.2 Å². The van der Waals surface area contributed by atoms with Gasteiger partial charge in [0.15, 0.2) is 16.5 Å². The molecule has 3 rings (SSSR count). The monoisotopic (exact) mass is 417 g/mol. The third-order valence-corrected chi connectivity index (χ3v) is 5.25. The van der Waals surface area contributed by atoms with Gasteiger partial charge in [0.1, 0.15) is 0 Å². The maximum atomic E-state index is 12.3. The van der Waals surface area contributed by atoms with E-state index in [1.165, 1.54) is 11.3 Å². The van der Waals surface area contributed by atoms with E-state index in [0.29, 0.717) is 41.2 Å². The summed E-state index contributed by atoms with van der Waals surface area (Å²) in [5, 5.41) is 1.87. The van der Waals surface area contributed by atoms with Crippen LogP contribution in [0.3, 0.4) is 0 Å². The molecule has 0 fully saturated rings. The standard InChI is InChI=1S/C21H27N3O4S/c1-14(2)11-23(13-16-10-19(25)24-6-7-29-21(24)22-16)12-15-8-17(26-3)20(28-5)18(9-15)27-4/h6-10,14H,11-13H2,1-5H3. The fourth-order valence-electron chi connectivity index (χ4n) is 3.38. The number of fused-ring (bicyclic) bond motifs is 1. The fraction of sp³-hybridized carbons (Fsp3) is 0.429. The topological polar surface area (TPSA) is 65.3 Å². The van der Waals surface area contributed by atoms with E-state index < -0.39 is 0 Å². The van der Waals surface area contributed by atoms with Gasteiger partial charge in [0.2, 0.25) is 5.75 Å². The van der Waals surface area contributed by atoms with Crippen molar-refractivity contribution in [1.82, 2.24) is 14.3 Å². The Morgan fingerprint density at radius 1 is 1.07 bits per heavy atom. The average molecular weight is 418 g/mol. The Morgan fingerprint density at radius 3 is 2.34 bits per heavy atom. The molecule has 2 aromatic heterocycles. The molecule has 156 valence electrons. The van der Waals surface area contributed by atoms with Gasteiger partial charge in [-0.15, -0.1) is 11.3 Å². The number of aromatic nitrogens is 2. The van der Waals surface area contributed by atoms with E-state index in [0.717, 1.165) is 17.8 Å². The van der Waals surface area contributed by atoms with Crippen LogP contribution in [0, 0.1) is 5.92 Å². The molecule has 0 aliphatic heterocycles. The first-order valence-electron chi connectivity index (χ1n) is 9.42. The summed E-state index contributed by atoms with van der Waals surface area (Å²) in [5.41, 5.74) is 1.75. The van der Waals surface area contributed by atoms with Gasteiger partial charge in [-0.25, -0.2) is 4.98 Å². The molecule has 0 bridgehead atoms. The Kier molecular flexibility index (Phi) is 6.76. The normalized spacial score (nSPS) is 11.4. The van der Waals surface area contributed by atoms with E-state index >= 15 is 0 Å². The van der Waals surface area contributed by atoms with Crippen LogP contribution in [0.1, 0.15) is 25.1 Å². The Balaban J connectivity index is 1.90. The molecule has 0 radical (unpaired) electrons. The zero-order valence-electron chi connectivity index (χ0n) is 17.5. The highest BCUT2D eigenvalue weighted by Crippen LogP contribution is 2.38. The molecule has 0 atom stereocenters. The molecule has 0 saturated carbocycles. The predicted molar refractivity (Wildman–Crippen MR) is 114 cm³/mol. The van der Waals surface area contributed by atoms with E-state index in [2.05, 4.69) is 23.7 Å². The van der Waals surface area contributed by atoms with Crippen LogP contribution in [-0.2, 0) is 13.1 Å². The van der Waals surface area contributed by atoms with E-state index in [4.69, 9.17) is 14.2 Å². The number of nitrogens with zero attached hydrogens (tertiary/aromatic N) is 3. The smallest absolute Gasteiger partial charge is 0.258 e. The number of ether oxygens (including phenoxy) is 3. The fourth-order valence-corrected chi connectivity index (χ4v) is 4.12. The average Bonchev–Trinajstić information content (AvgIpc) is 3.15. The van der Waals surface area contributed by atoms with E-state index in [1.807, 2.05) is 17.5 Å². The maximum Gasteiger partial charge on any atom is 0.258 e. The number of thiazole rings is 1. The third kappa shape index (κ3) is 4.89. The highest BCUT2D eigenvalue weighted by atomic mass is 32.1. The third-order valence-electron chi connectivity index (χ3n) is 4.50. The van der Waals surface area contributed by atoms with Gasteiger partial charge in [-0.3, -0.25) is 14.1 Å². The molecular weight excluding hydrogens is 390 g/mol. The first kappa shape index (κ1) is 21.1. The van der Waals surface area contributed by atoms with Crippen LogP contribution in [0.15, 0.2) is 34.6 Å². The van der Waals surface area contributed by atoms with Gasteiger partial charge in [-0.2, -0.15) is 0 Å². The van der Waals surface area contributed by atoms with Crippen molar-refractivity contribution in [2.24, 2.45) is 5.92 Å². The van der Waals surface area contributed by atoms with Gasteiger partial charge >= 0.3 is 0 Å². The lowest BCUT2D eigenvalue weighted by atomic mass is 10.1. The van der Waals surface area contributed by atoms with Crippen molar-refractivity contribution in [3.63, 3.8) is 0 Å². The number of benzene rings is 1. The molecule has 0 amide bonds. The lowest BCUT2D eigenvalue weighted by molar-refractivity contribution is 0.224. The van der Waals surface area contributed by atoms with Crippen molar-refractivity contribution >= 4 is 16.3 Å². The second kappa shape index (κ2) is 9.28. The van der Waals surface area contributed by atoms with Crippen molar-refractivity contribution in [2.45, 2.75) is 26.9 Å². The van der Waals surface area contributed by atoms with Crippen LogP contribution in [0.4, 0.5) is 0 Å². The maximum absolute atomic E-state index is 12.3. The van der Waals surface area contributed by atoms with Gasteiger partial charge in [0, 0.05) is 37.3 Å². The SMILES string of the molecule is COc1cc(CN(Cc2cc(=O)n3ccsc3n2)CC(C)C)cc(OC)c1OC. The summed E-state index contributed by atoms with van der Waals surface area (Å²) in [6.07, 6.45) is 1.75. The van der Waals surface area contributed by atoms with Gasteiger partial charge < -0.3 is 14.2 Å². The summed E-state index contributed by atoms with van der Waals surface area (Å²) in [6.45, 7) is 6.46. The summed E-state index contributed by atoms with van der Waals surface area (Å²) >= 11 is 1.46. The number of hydrogen-bond donors (Lipinski definition) is 0. The van der Waals surface area contributed by atoms with Crippen molar-refractivity contribution in [2.75, 3.05) is 27.9 Å². The molecule has 0 saturated heterocycles. The molecule has 29 heavy (non-hydrogen) atoms. The molecule has 1 aromatic carbocycles.